The lowest BCUT2D eigenvalue weighted by Crippen LogP contribution is -2.45. The van der Waals surface area contributed by atoms with Crippen LogP contribution in [0, 0.1) is 12.8 Å². The Hall–Kier alpha value is -0.830. The number of nitrogens with two attached hydrogens (primary N) is 1. The van der Waals surface area contributed by atoms with E-state index in [-0.39, 0.29) is 5.54 Å². The van der Waals surface area contributed by atoms with Crippen molar-refractivity contribution in [1.29, 1.82) is 0 Å². The molecule has 1 aliphatic carbocycles. The quantitative estimate of drug-likeness (QED) is 0.856. The fourth-order valence-electron chi connectivity index (χ4n) is 2.87. The second-order valence-electron chi connectivity index (χ2n) is 6.36. The van der Waals surface area contributed by atoms with Crippen LogP contribution in [-0.4, -0.2) is 15.8 Å². The maximum Gasteiger partial charge on any atom is 0.0628 e. The monoisotopic (exact) mass is 235 g/mol. The molecule has 3 heteroatoms. The number of aromatic nitrogens is 2. The van der Waals surface area contributed by atoms with Crippen molar-refractivity contribution in [1.82, 2.24) is 9.78 Å². The molecule has 1 aliphatic rings. The third-order valence-electron chi connectivity index (χ3n) is 4.09. The Balaban J connectivity index is 2.26. The van der Waals surface area contributed by atoms with E-state index in [4.69, 9.17) is 5.73 Å². The summed E-state index contributed by atoms with van der Waals surface area (Å²) in [7, 11) is 0. The lowest BCUT2D eigenvalue weighted by Gasteiger charge is -2.42. The second kappa shape index (κ2) is 4.13. The summed E-state index contributed by atoms with van der Waals surface area (Å²) in [6.07, 6.45) is 4.52. The van der Waals surface area contributed by atoms with Crippen LogP contribution in [-0.2, 0) is 5.54 Å². The van der Waals surface area contributed by atoms with Gasteiger partial charge < -0.3 is 5.73 Å². The van der Waals surface area contributed by atoms with E-state index < -0.39 is 0 Å². The van der Waals surface area contributed by atoms with E-state index >= 15 is 0 Å². The van der Waals surface area contributed by atoms with E-state index in [2.05, 4.69) is 50.6 Å². The van der Waals surface area contributed by atoms with Crippen LogP contribution < -0.4 is 5.73 Å². The van der Waals surface area contributed by atoms with Crippen LogP contribution in [0.1, 0.15) is 57.7 Å². The number of nitrogens with zero attached hydrogens (tertiary/aromatic N) is 2. The Morgan fingerprint density at radius 2 is 2.12 bits per heavy atom. The summed E-state index contributed by atoms with van der Waals surface area (Å²) in [4.78, 5) is 0. The first-order valence-corrected chi connectivity index (χ1v) is 6.66. The summed E-state index contributed by atoms with van der Waals surface area (Å²) in [5, 5.41) is 4.65. The van der Waals surface area contributed by atoms with Gasteiger partial charge in [0, 0.05) is 12.2 Å². The van der Waals surface area contributed by atoms with Crippen LogP contribution in [0.2, 0.25) is 0 Å². The predicted molar refractivity (Wildman–Crippen MR) is 71.1 cm³/mol. The molecule has 1 aromatic heterocycles. The molecule has 1 saturated carbocycles. The number of hydrogen-bond acceptors (Lipinski definition) is 2. The summed E-state index contributed by atoms with van der Waals surface area (Å²) >= 11 is 0. The molecule has 0 bridgehead atoms. The van der Waals surface area contributed by atoms with E-state index in [9.17, 15) is 0 Å². The van der Waals surface area contributed by atoms with Gasteiger partial charge in [-0.25, -0.2) is 0 Å². The van der Waals surface area contributed by atoms with Gasteiger partial charge in [-0.3, -0.25) is 4.68 Å². The first-order valence-electron chi connectivity index (χ1n) is 6.66. The summed E-state index contributed by atoms with van der Waals surface area (Å²) in [5.74, 6) is 1.28. The van der Waals surface area contributed by atoms with Gasteiger partial charge in [0.1, 0.15) is 0 Å². The lowest BCUT2D eigenvalue weighted by atomic mass is 9.65. The largest absolute Gasteiger partial charge is 0.327 e. The van der Waals surface area contributed by atoms with Crippen molar-refractivity contribution in [2.75, 3.05) is 0 Å². The minimum Gasteiger partial charge on any atom is -0.327 e. The zero-order chi connectivity index (χ0) is 12.8. The molecule has 1 aromatic rings. The van der Waals surface area contributed by atoms with Crippen molar-refractivity contribution >= 4 is 0 Å². The molecule has 96 valence electrons. The van der Waals surface area contributed by atoms with Gasteiger partial charge in [0.15, 0.2) is 0 Å². The highest BCUT2D eigenvalue weighted by atomic mass is 15.3. The molecular formula is C14H25N3. The van der Waals surface area contributed by atoms with Crippen molar-refractivity contribution in [3.8, 4) is 0 Å². The lowest BCUT2D eigenvalue weighted by molar-refractivity contribution is 0.197. The molecule has 0 radical (unpaired) electrons. The molecule has 0 spiro atoms. The maximum atomic E-state index is 6.08. The molecule has 0 aliphatic heterocycles. The minimum atomic E-state index is 0.0661. The number of hydrogen-bond donors (Lipinski definition) is 1. The second-order valence-corrected chi connectivity index (χ2v) is 6.36. The first kappa shape index (κ1) is 12.6. The van der Waals surface area contributed by atoms with Crippen molar-refractivity contribution in [3.05, 3.63) is 17.5 Å². The molecule has 0 saturated heterocycles. The SMILES string of the molecule is CCC1C(N)CC1c1cn(C(C)(C)C)nc1C. The highest BCUT2D eigenvalue weighted by Crippen LogP contribution is 2.44. The van der Waals surface area contributed by atoms with Gasteiger partial charge in [0.25, 0.3) is 0 Å². The average molecular weight is 235 g/mol. The highest BCUT2D eigenvalue weighted by molar-refractivity contribution is 5.26. The van der Waals surface area contributed by atoms with E-state index in [1.54, 1.807) is 0 Å². The van der Waals surface area contributed by atoms with Crippen molar-refractivity contribution in [2.24, 2.45) is 11.7 Å². The van der Waals surface area contributed by atoms with Gasteiger partial charge in [0.05, 0.1) is 11.2 Å². The topological polar surface area (TPSA) is 43.8 Å². The van der Waals surface area contributed by atoms with Gasteiger partial charge in [-0.05, 0) is 51.5 Å². The van der Waals surface area contributed by atoms with E-state index in [1.807, 2.05) is 0 Å². The molecule has 0 amide bonds. The third-order valence-corrected chi connectivity index (χ3v) is 4.09. The van der Waals surface area contributed by atoms with Crippen LogP contribution in [0.15, 0.2) is 6.20 Å². The van der Waals surface area contributed by atoms with E-state index in [1.165, 1.54) is 17.7 Å². The Morgan fingerprint density at radius 3 is 2.53 bits per heavy atom. The van der Waals surface area contributed by atoms with Gasteiger partial charge in [0.2, 0.25) is 0 Å². The molecule has 0 aromatic carbocycles. The molecule has 3 unspecified atom stereocenters. The summed E-state index contributed by atoms with van der Waals surface area (Å²) < 4.78 is 2.09. The normalized spacial score (nSPS) is 29.2. The molecule has 2 rings (SSSR count). The van der Waals surface area contributed by atoms with Crippen LogP contribution in [0.25, 0.3) is 0 Å². The number of aryl methyl sites for hydroxylation is 1. The van der Waals surface area contributed by atoms with Crippen molar-refractivity contribution in [2.45, 2.75) is 65.0 Å². The Bertz CT molecular complexity index is 400. The van der Waals surface area contributed by atoms with Crippen LogP contribution in [0.4, 0.5) is 0 Å². The van der Waals surface area contributed by atoms with Gasteiger partial charge >= 0.3 is 0 Å². The van der Waals surface area contributed by atoms with Crippen LogP contribution in [0.3, 0.4) is 0 Å². The first-order chi connectivity index (χ1) is 7.84. The molecule has 3 atom stereocenters. The highest BCUT2D eigenvalue weighted by Gasteiger charge is 2.39. The Morgan fingerprint density at radius 1 is 1.47 bits per heavy atom. The van der Waals surface area contributed by atoms with Gasteiger partial charge in [-0.2, -0.15) is 5.10 Å². The fourth-order valence-corrected chi connectivity index (χ4v) is 2.87. The van der Waals surface area contributed by atoms with Crippen molar-refractivity contribution < 1.29 is 0 Å². The zero-order valence-electron chi connectivity index (χ0n) is 11.7. The summed E-state index contributed by atoms with van der Waals surface area (Å²) in [5.41, 5.74) is 8.73. The standard InChI is InChI=1S/C14H25N3/c1-6-10-11(7-13(10)15)12-8-17(14(3,4)5)16-9(12)2/h8,10-11,13H,6-7,15H2,1-5H3. The van der Waals surface area contributed by atoms with Gasteiger partial charge in [-0.1, -0.05) is 13.3 Å². The van der Waals surface area contributed by atoms with Crippen LogP contribution >= 0.6 is 0 Å². The van der Waals surface area contributed by atoms with E-state index in [0.29, 0.717) is 17.9 Å². The van der Waals surface area contributed by atoms with Crippen molar-refractivity contribution in [3.63, 3.8) is 0 Å². The van der Waals surface area contributed by atoms with E-state index in [0.717, 1.165) is 6.42 Å². The number of rotatable bonds is 2. The molecule has 17 heavy (non-hydrogen) atoms. The summed E-state index contributed by atoms with van der Waals surface area (Å²) in [6.45, 7) is 10.9. The predicted octanol–water partition coefficient (Wildman–Crippen LogP) is 2.79. The smallest absolute Gasteiger partial charge is 0.0628 e. The van der Waals surface area contributed by atoms with Crippen LogP contribution in [0.5, 0.6) is 0 Å². The molecule has 3 nitrogen and oxygen atoms in total. The summed E-state index contributed by atoms with van der Waals surface area (Å²) in [6, 6.07) is 0.391. The maximum absolute atomic E-state index is 6.08. The molecule has 1 fully saturated rings. The molecular weight excluding hydrogens is 210 g/mol. The minimum absolute atomic E-state index is 0.0661. The zero-order valence-corrected chi connectivity index (χ0v) is 11.7. The third kappa shape index (κ3) is 2.13. The fraction of sp³-hybridized carbons (Fsp3) is 0.786. The Labute approximate surface area is 104 Å². The Kier molecular flexibility index (Phi) is 3.06. The molecule has 2 N–H and O–H groups in total. The molecule has 1 heterocycles. The average Bonchev–Trinajstić information content (AvgIpc) is 2.56. The van der Waals surface area contributed by atoms with Gasteiger partial charge in [-0.15, -0.1) is 0 Å².